The maximum absolute atomic E-state index is 12.8. The molecular formula is C19H26N2O6. The molecule has 27 heavy (non-hydrogen) atoms. The van der Waals surface area contributed by atoms with E-state index in [-0.39, 0.29) is 24.5 Å². The van der Waals surface area contributed by atoms with Gasteiger partial charge in [-0.05, 0) is 51.3 Å². The second kappa shape index (κ2) is 9.25. The number of carbonyl (C=O) groups is 3. The van der Waals surface area contributed by atoms with Crippen LogP contribution in [0.15, 0.2) is 18.2 Å². The van der Waals surface area contributed by atoms with E-state index < -0.39 is 12.0 Å². The molecule has 1 fully saturated rings. The number of ether oxygens (including phenoxy) is 2. The third-order valence-electron chi connectivity index (χ3n) is 4.27. The monoisotopic (exact) mass is 378 g/mol. The number of amides is 2. The maximum Gasteiger partial charge on any atom is 0.326 e. The molecule has 8 nitrogen and oxygen atoms in total. The van der Waals surface area contributed by atoms with Gasteiger partial charge in [0.2, 0.25) is 0 Å². The van der Waals surface area contributed by atoms with Crippen LogP contribution < -0.4 is 14.8 Å². The molecule has 0 saturated carbocycles. The zero-order valence-corrected chi connectivity index (χ0v) is 15.9. The summed E-state index contributed by atoms with van der Waals surface area (Å²) in [4.78, 5) is 37.3. The van der Waals surface area contributed by atoms with Crippen molar-refractivity contribution in [2.24, 2.45) is 0 Å². The molecule has 8 heteroatoms. The predicted molar refractivity (Wildman–Crippen MR) is 98.1 cm³/mol. The molecule has 1 saturated heterocycles. The molecule has 0 bridgehead atoms. The molecule has 0 aliphatic carbocycles. The number of methoxy groups -OCH3 is 1. The van der Waals surface area contributed by atoms with Crippen LogP contribution >= 0.6 is 0 Å². The van der Waals surface area contributed by atoms with Crippen molar-refractivity contribution < 1.29 is 29.0 Å². The fourth-order valence-electron chi connectivity index (χ4n) is 3.02. The van der Waals surface area contributed by atoms with Crippen molar-refractivity contribution in [3.63, 3.8) is 0 Å². The molecule has 148 valence electrons. The largest absolute Gasteiger partial charge is 0.493 e. The maximum atomic E-state index is 12.8. The number of piperidine rings is 1. The Balaban J connectivity index is 2.13. The Kier molecular flexibility index (Phi) is 7.04. The smallest absolute Gasteiger partial charge is 0.326 e. The normalized spacial score (nSPS) is 16.7. The molecule has 1 aliphatic rings. The molecule has 1 heterocycles. The SMILES string of the molecule is COc1cc(C(=O)N2CCCCC2C(=O)O)ccc1OCC(=O)NC(C)C. The highest BCUT2D eigenvalue weighted by Crippen LogP contribution is 2.29. The number of likely N-dealkylation sites (tertiary alicyclic amines) is 1. The van der Waals surface area contributed by atoms with Crippen molar-refractivity contribution in [3.8, 4) is 11.5 Å². The lowest BCUT2D eigenvalue weighted by molar-refractivity contribution is -0.143. The van der Waals surface area contributed by atoms with Gasteiger partial charge in [0.1, 0.15) is 6.04 Å². The summed E-state index contributed by atoms with van der Waals surface area (Å²) in [5.41, 5.74) is 0.319. The fourth-order valence-corrected chi connectivity index (χ4v) is 3.02. The van der Waals surface area contributed by atoms with Gasteiger partial charge in [0, 0.05) is 18.2 Å². The minimum Gasteiger partial charge on any atom is -0.493 e. The number of nitrogens with zero attached hydrogens (tertiary/aromatic N) is 1. The molecule has 0 radical (unpaired) electrons. The molecule has 1 aromatic carbocycles. The molecule has 0 aromatic heterocycles. The Morgan fingerprint density at radius 1 is 1.26 bits per heavy atom. The number of carboxylic acids is 1. The average Bonchev–Trinajstić information content (AvgIpc) is 2.65. The van der Waals surface area contributed by atoms with E-state index in [2.05, 4.69) is 5.32 Å². The topological polar surface area (TPSA) is 105 Å². The Labute approximate surface area is 158 Å². The summed E-state index contributed by atoms with van der Waals surface area (Å²) in [5, 5.41) is 12.1. The first-order valence-electron chi connectivity index (χ1n) is 8.97. The molecular weight excluding hydrogens is 352 g/mol. The summed E-state index contributed by atoms with van der Waals surface area (Å²) in [6.45, 7) is 3.94. The lowest BCUT2D eigenvalue weighted by Crippen LogP contribution is -2.47. The van der Waals surface area contributed by atoms with Gasteiger partial charge in [0.05, 0.1) is 7.11 Å². The highest BCUT2D eigenvalue weighted by molar-refractivity contribution is 5.97. The molecule has 1 atom stereocenters. The van der Waals surface area contributed by atoms with Crippen LogP contribution in [0.2, 0.25) is 0 Å². The van der Waals surface area contributed by atoms with Gasteiger partial charge in [-0.1, -0.05) is 0 Å². The highest BCUT2D eigenvalue weighted by Gasteiger charge is 2.32. The second-order valence-electron chi connectivity index (χ2n) is 6.72. The summed E-state index contributed by atoms with van der Waals surface area (Å²) in [7, 11) is 1.44. The van der Waals surface area contributed by atoms with Crippen LogP contribution in [-0.4, -0.2) is 60.1 Å². The summed E-state index contributed by atoms with van der Waals surface area (Å²) in [6, 6.07) is 3.80. The van der Waals surface area contributed by atoms with Crippen molar-refractivity contribution in [1.29, 1.82) is 0 Å². The predicted octanol–water partition coefficient (Wildman–Crippen LogP) is 1.68. The number of nitrogens with one attached hydrogen (secondary N) is 1. The van der Waals surface area contributed by atoms with Gasteiger partial charge in [-0.3, -0.25) is 9.59 Å². The first-order valence-corrected chi connectivity index (χ1v) is 8.97. The molecule has 2 rings (SSSR count). The van der Waals surface area contributed by atoms with E-state index in [0.29, 0.717) is 30.0 Å². The van der Waals surface area contributed by atoms with Crippen molar-refractivity contribution in [2.45, 2.75) is 45.2 Å². The summed E-state index contributed by atoms with van der Waals surface area (Å²) in [6.07, 6.45) is 2.01. The lowest BCUT2D eigenvalue weighted by Gasteiger charge is -2.33. The number of hydrogen-bond donors (Lipinski definition) is 2. The molecule has 1 aromatic rings. The molecule has 2 amide bonds. The van der Waals surface area contributed by atoms with Gasteiger partial charge in [-0.25, -0.2) is 4.79 Å². The van der Waals surface area contributed by atoms with Crippen LogP contribution in [0.3, 0.4) is 0 Å². The number of rotatable bonds is 7. The van der Waals surface area contributed by atoms with Crippen LogP contribution in [0, 0.1) is 0 Å². The minimum absolute atomic E-state index is 0.00900. The van der Waals surface area contributed by atoms with Crippen molar-refractivity contribution >= 4 is 17.8 Å². The van der Waals surface area contributed by atoms with Crippen molar-refractivity contribution in [1.82, 2.24) is 10.2 Å². The third-order valence-corrected chi connectivity index (χ3v) is 4.27. The summed E-state index contributed by atoms with van der Waals surface area (Å²) < 4.78 is 10.7. The van der Waals surface area contributed by atoms with Crippen LogP contribution in [0.25, 0.3) is 0 Å². The highest BCUT2D eigenvalue weighted by atomic mass is 16.5. The van der Waals surface area contributed by atoms with E-state index in [9.17, 15) is 19.5 Å². The Morgan fingerprint density at radius 3 is 2.63 bits per heavy atom. The summed E-state index contributed by atoms with van der Waals surface area (Å²) in [5.74, 6) is -0.969. The van der Waals surface area contributed by atoms with E-state index in [4.69, 9.17) is 9.47 Å². The van der Waals surface area contributed by atoms with Gasteiger partial charge in [0.25, 0.3) is 11.8 Å². The van der Waals surface area contributed by atoms with Crippen molar-refractivity contribution in [3.05, 3.63) is 23.8 Å². The lowest BCUT2D eigenvalue weighted by atomic mass is 10.0. The Morgan fingerprint density at radius 2 is 2.00 bits per heavy atom. The molecule has 1 unspecified atom stereocenters. The Bertz CT molecular complexity index is 703. The van der Waals surface area contributed by atoms with Gasteiger partial charge in [-0.15, -0.1) is 0 Å². The minimum atomic E-state index is -0.994. The van der Waals surface area contributed by atoms with E-state index in [0.717, 1.165) is 12.8 Å². The third kappa shape index (κ3) is 5.35. The van der Waals surface area contributed by atoms with E-state index in [1.807, 2.05) is 13.8 Å². The fraction of sp³-hybridized carbons (Fsp3) is 0.526. The zero-order chi connectivity index (χ0) is 20.0. The number of carbonyl (C=O) groups excluding carboxylic acids is 2. The zero-order valence-electron chi connectivity index (χ0n) is 15.9. The molecule has 0 spiro atoms. The van der Waals surface area contributed by atoms with E-state index in [1.165, 1.54) is 18.1 Å². The van der Waals surface area contributed by atoms with E-state index in [1.54, 1.807) is 12.1 Å². The van der Waals surface area contributed by atoms with Crippen LogP contribution in [0.5, 0.6) is 11.5 Å². The van der Waals surface area contributed by atoms with E-state index >= 15 is 0 Å². The van der Waals surface area contributed by atoms with Crippen LogP contribution in [0.4, 0.5) is 0 Å². The Hall–Kier alpha value is -2.77. The summed E-state index contributed by atoms with van der Waals surface area (Å²) >= 11 is 0. The number of hydrogen-bond acceptors (Lipinski definition) is 5. The molecule has 2 N–H and O–H groups in total. The first-order chi connectivity index (χ1) is 12.8. The average molecular weight is 378 g/mol. The van der Waals surface area contributed by atoms with Gasteiger partial charge < -0.3 is 24.8 Å². The number of carboxylic acid groups (broad SMARTS) is 1. The van der Waals surface area contributed by atoms with Crippen LogP contribution in [0.1, 0.15) is 43.5 Å². The quantitative estimate of drug-likeness (QED) is 0.748. The first kappa shape index (κ1) is 20.5. The second-order valence-corrected chi connectivity index (χ2v) is 6.72. The van der Waals surface area contributed by atoms with Crippen molar-refractivity contribution in [2.75, 3.05) is 20.3 Å². The standard InChI is InChI=1S/C19H26N2O6/c1-12(2)20-17(22)11-27-15-8-7-13(10-16(15)26-3)18(23)21-9-5-4-6-14(21)19(24)25/h7-8,10,12,14H,4-6,9,11H2,1-3H3,(H,20,22)(H,24,25). The van der Waals surface area contributed by atoms with Crippen LogP contribution in [-0.2, 0) is 9.59 Å². The number of benzene rings is 1. The van der Waals surface area contributed by atoms with Gasteiger partial charge in [0.15, 0.2) is 18.1 Å². The number of aliphatic carboxylic acids is 1. The van der Waals surface area contributed by atoms with Gasteiger partial charge in [-0.2, -0.15) is 0 Å². The molecule has 1 aliphatic heterocycles. The van der Waals surface area contributed by atoms with Gasteiger partial charge >= 0.3 is 5.97 Å².